The van der Waals surface area contributed by atoms with Crippen molar-refractivity contribution in [1.29, 1.82) is 0 Å². The van der Waals surface area contributed by atoms with Gasteiger partial charge < -0.3 is 10.2 Å². The average Bonchev–Trinajstić information content (AvgIpc) is 2.41. The maximum Gasteiger partial charge on any atom is 0.248 e. The molecule has 2 saturated carbocycles. The monoisotopic (exact) mass is 250 g/mol. The highest BCUT2D eigenvalue weighted by atomic mass is 16.2. The summed E-state index contributed by atoms with van der Waals surface area (Å²) in [6, 6.07) is 0.406. The lowest BCUT2D eigenvalue weighted by Gasteiger charge is -2.43. The first-order valence-electron chi connectivity index (χ1n) is 7.33. The molecule has 1 aliphatic heterocycles. The Balaban J connectivity index is 1.85. The molecule has 1 saturated heterocycles. The molecule has 0 aromatic rings. The molecular formula is C14H22N2O2. The van der Waals surface area contributed by atoms with E-state index >= 15 is 0 Å². The molecule has 3 fully saturated rings. The zero-order valence-electron chi connectivity index (χ0n) is 10.9. The van der Waals surface area contributed by atoms with Crippen molar-refractivity contribution in [2.75, 3.05) is 6.54 Å². The zero-order valence-corrected chi connectivity index (χ0v) is 10.9. The van der Waals surface area contributed by atoms with E-state index in [1.54, 1.807) is 0 Å². The first kappa shape index (κ1) is 12.0. The molecule has 2 aliphatic carbocycles. The van der Waals surface area contributed by atoms with Crippen LogP contribution in [-0.4, -0.2) is 34.8 Å². The lowest BCUT2D eigenvalue weighted by atomic mass is 9.79. The molecule has 0 bridgehead atoms. The number of amides is 2. The van der Waals surface area contributed by atoms with Crippen LogP contribution >= 0.6 is 0 Å². The Bertz CT molecular complexity index is 357. The van der Waals surface area contributed by atoms with E-state index in [0.29, 0.717) is 19.0 Å². The summed E-state index contributed by atoms with van der Waals surface area (Å²) in [6.07, 6.45) is 8.92. The van der Waals surface area contributed by atoms with E-state index in [2.05, 4.69) is 5.32 Å². The second kappa shape index (κ2) is 4.56. The Kier molecular flexibility index (Phi) is 3.04. The predicted molar refractivity (Wildman–Crippen MR) is 67.9 cm³/mol. The van der Waals surface area contributed by atoms with Gasteiger partial charge in [-0.1, -0.05) is 19.3 Å². The molecule has 4 heteroatoms. The van der Waals surface area contributed by atoms with Gasteiger partial charge >= 0.3 is 0 Å². The zero-order chi connectivity index (χ0) is 12.6. The van der Waals surface area contributed by atoms with Crippen molar-refractivity contribution >= 4 is 11.8 Å². The van der Waals surface area contributed by atoms with Crippen LogP contribution in [0.3, 0.4) is 0 Å². The third-order valence-electron chi connectivity index (χ3n) is 4.85. The molecule has 1 heterocycles. The summed E-state index contributed by atoms with van der Waals surface area (Å²) in [4.78, 5) is 26.7. The lowest BCUT2D eigenvalue weighted by molar-refractivity contribution is -0.143. The Labute approximate surface area is 108 Å². The fourth-order valence-electron chi connectivity index (χ4n) is 3.52. The lowest BCUT2D eigenvalue weighted by Crippen LogP contribution is -2.60. The molecule has 18 heavy (non-hydrogen) atoms. The summed E-state index contributed by atoms with van der Waals surface area (Å²) in [6.45, 7) is 0.622. The van der Waals surface area contributed by atoms with Gasteiger partial charge in [0.2, 0.25) is 11.8 Å². The van der Waals surface area contributed by atoms with Crippen LogP contribution in [0, 0.1) is 0 Å². The molecule has 0 radical (unpaired) electrons. The van der Waals surface area contributed by atoms with Gasteiger partial charge in [-0.25, -0.2) is 0 Å². The SMILES string of the molecule is O=C1CCN(C2CCC2)C(=O)C2(CCCCC2)N1. The van der Waals surface area contributed by atoms with E-state index in [4.69, 9.17) is 0 Å². The van der Waals surface area contributed by atoms with Crippen LogP contribution in [0.15, 0.2) is 0 Å². The summed E-state index contributed by atoms with van der Waals surface area (Å²) in [5.74, 6) is 0.268. The van der Waals surface area contributed by atoms with Gasteiger partial charge in [-0.2, -0.15) is 0 Å². The fourth-order valence-corrected chi connectivity index (χ4v) is 3.52. The van der Waals surface area contributed by atoms with Crippen molar-refractivity contribution in [3.05, 3.63) is 0 Å². The van der Waals surface area contributed by atoms with Crippen molar-refractivity contribution in [2.45, 2.75) is 69.4 Å². The highest BCUT2D eigenvalue weighted by molar-refractivity contribution is 5.93. The van der Waals surface area contributed by atoms with E-state index in [9.17, 15) is 9.59 Å². The number of rotatable bonds is 1. The fraction of sp³-hybridized carbons (Fsp3) is 0.857. The summed E-state index contributed by atoms with van der Waals surface area (Å²) >= 11 is 0. The summed E-state index contributed by atoms with van der Waals surface area (Å²) in [5.41, 5.74) is -0.554. The minimum Gasteiger partial charge on any atom is -0.342 e. The van der Waals surface area contributed by atoms with Gasteiger partial charge in [0.15, 0.2) is 0 Å². The Morgan fingerprint density at radius 2 is 1.78 bits per heavy atom. The highest BCUT2D eigenvalue weighted by Crippen LogP contribution is 2.35. The van der Waals surface area contributed by atoms with Gasteiger partial charge in [0.05, 0.1) is 0 Å². The molecular weight excluding hydrogens is 228 g/mol. The van der Waals surface area contributed by atoms with Crippen molar-refractivity contribution in [3.8, 4) is 0 Å². The predicted octanol–water partition coefficient (Wildman–Crippen LogP) is 1.59. The molecule has 0 atom stereocenters. The maximum atomic E-state index is 12.8. The number of hydrogen-bond acceptors (Lipinski definition) is 2. The minimum atomic E-state index is -0.554. The first-order chi connectivity index (χ1) is 8.71. The summed E-state index contributed by atoms with van der Waals surface area (Å²) < 4.78 is 0. The number of hydrogen-bond donors (Lipinski definition) is 1. The molecule has 4 nitrogen and oxygen atoms in total. The first-order valence-corrected chi connectivity index (χ1v) is 7.33. The molecule has 100 valence electrons. The van der Waals surface area contributed by atoms with Crippen molar-refractivity contribution in [3.63, 3.8) is 0 Å². The normalized spacial score (nSPS) is 28.8. The topological polar surface area (TPSA) is 49.4 Å². The molecule has 0 aromatic heterocycles. The minimum absolute atomic E-state index is 0.0621. The van der Waals surface area contributed by atoms with Crippen LogP contribution < -0.4 is 5.32 Å². The van der Waals surface area contributed by atoms with Crippen molar-refractivity contribution in [1.82, 2.24) is 10.2 Å². The molecule has 1 spiro atoms. The van der Waals surface area contributed by atoms with E-state index in [0.717, 1.165) is 38.5 Å². The molecule has 2 amide bonds. The maximum absolute atomic E-state index is 12.8. The molecule has 1 N–H and O–H groups in total. The van der Waals surface area contributed by atoms with Gasteiger partial charge in [-0.3, -0.25) is 9.59 Å². The van der Waals surface area contributed by atoms with E-state index in [1.807, 2.05) is 4.90 Å². The van der Waals surface area contributed by atoms with Crippen LogP contribution in [0.5, 0.6) is 0 Å². The van der Waals surface area contributed by atoms with Gasteiger partial charge in [0.25, 0.3) is 0 Å². The van der Waals surface area contributed by atoms with E-state index < -0.39 is 5.54 Å². The highest BCUT2D eigenvalue weighted by Gasteiger charge is 2.47. The average molecular weight is 250 g/mol. The van der Waals surface area contributed by atoms with E-state index in [-0.39, 0.29) is 11.8 Å². The van der Waals surface area contributed by atoms with Gasteiger partial charge in [-0.15, -0.1) is 0 Å². The van der Waals surface area contributed by atoms with Crippen LogP contribution in [0.25, 0.3) is 0 Å². The number of nitrogens with one attached hydrogen (secondary N) is 1. The molecule has 3 rings (SSSR count). The van der Waals surface area contributed by atoms with Gasteiger partial charge in [0.1, 0.15) is 5.54 Å². The summed E-state index contributed by atoms with van der Waals surface area (Å²) in [7, 11) is 0. The van der Waals surface area contributed by atoms with Gasteiger partial charge in [0, 0.05) is 19.0 Å². The Morgan fingerprint density at radius 3 is 2.39 bits per heavy atom. The quantitative estimate of drug-likeness (QED) is 0.768. The van der Waals surface area contributed by atoms with Crippen LogP contribution in [-0.2, 0) is 9.59 Å². The number of carbonyl (C=O) groups excluding carboxylic acids is 2. The Morgan fingerprint density at radius 1 is 1.06 bits per heavy atom. The Hall–Kier alpha value is -1.06. The third kappa shape index (κ3) is 1.91. The largest absolute Gasteiger partial charge is 0.342 e. The standard InChI is InChI=1S/C14H22N2O2/c17-12-7-10-16(11-5-4-6-11)13(18)14(15-12)8-2-1-3-9-14/h11H,1-10H2,(H,15,17). The number of carbonyl (C=O) groups is 2. The molecule has 0 unspecified atom stereocenters. The second-order valence-corrected chi connectivity index (χ2v) is 6.02. The van der Waals surface area contributed by atoms with Crippen molar-refractivity contribution < 1.29 is 9.59 Å². The van der Waals surface area contributed by atoms with Gasteiger partial charge in [-0.05, 0) is 32.1 Å². The summed E-state index contributed by atoms with van der Waals surface area (Å²) in [5, 5.41) is 3.05. The van der Waals surface area contributed by atoms with Crippen LogP contribution in [0.1, 0.15) is 57.8 Å². The molecule has 3 aliphatic rings. The molecule has 0 aromatic carbocycles. The van der Waals surface area contributed by atoms with Crippen LogP contribution in [0.2, 0.25) is 0 Å². The second-order valence-electron chi connectivity index (χ2n) is 6.02. The third-order valence-corrected chi connectivity index (χ3v) is 4.85. The smallest absolute Gasteiger partial charge is 0.248 e. The van der Waals surface area contributed by atoms with E-state index in [1.165, 1.54) is 12.8 Å². The van der Waals surface area contributed by atoms with Crippen molar-refractivity contribution in [2.24, 2.45) is 0 Å². The van der Waals surface area contributed by atoms with Crippen LogP contribution in [0.4, 0.5) is 0 Å². The number of nitrogens with zero attached hydrogens (tertiary/aromatic N) is 1.